The van der Waals surface area contributed by atoms with Gasteiger partial charge in [0, 0.05) is 12.8 Å². The maximum absolute atomic E-state index is 12.3. The van der Waals surface area contributed by atoms with E-state index < -0.39 is 57.6 Å². The summed E-state index contributed by atoms with van der Waals surface area (Å²) in [7, 11) is -4.78. The Labute approximate surface area is 382 Å². The van der Waals surface area contributed by atoms with Crippen molar-refractivity contribution < 1.29 is 47.8 Å². The first-order valence-corrected chi connectivity index (χ1v) is 26.0. The van der Waals surface area contributed by atoms with E-state index >= 15 is 0 Å². The number of aliphatic hydroxyl groups is 1. The number of nitrogens with one attached hydrogen (secondary N) is 1. The number of aliphatic hydroxyl groups excluding tert-OH is 1. The van der Waals surface area contributed by atoms with Gasteiger partial charge in [-0.1, -0.05) is 196 Å². The number of carbonyl (C=O) groups excluding carboxylic acids is 2. The number of phosphoric ester groups is 1. The fraction of sp³-hybridized carbons (Fsp3) is 0.706. The van der Waals surface area contributed by atoms with E-state index in [9.17, 15) is 34.1 Å². The molecule has 0 aliphatic carbocycles. The highest BCUT2D eigenvalue weighted by Gasteiger charge is 2.28. The number of rotatable bonds is 45. The average molecular weight is 906 g/mol. The molecule has 11 nitrogen and oxygen atoms in total. The van der Waals surface area contributed by atoms with Gasteiger partial charge in [0.05, 0.1) is 13.2 Å². The van der Waals surface area contributed by atoms with Crippen LogP contribution in [0.25, 0.3) is 0 Å². The number of esters is 1. The molecule has 0 aromatic carbocycles. The third kappa shape index (κ3) is 45.3. The number of amides is 1. The number of allylic oxidation sites excluding steroid dienone is 12. The van der Waals surface area contributed by atoms with Crippen molar-refractivity contribution in [3.05, 3.63) is 72.9 Å². The fourth-order valence-corrected chi connectivity index (χ4v) is 7.27. The molecule has 0 fully saturated rings. The largest absolute Gasteiger partial charge is 0.480 e. The Morgan fingerprint density at radius 2 is 0.921 bits per heavy atom. The van der Waals surface area contributed by atoms with Crippen LogP contribution in [0, 0.1) is 0 Å². The Bertz CT molecular complexity index is 1340. The summed E-state index contributed by atoms with van der Waals surface area (Å²) in [5.41, 5.74) is 0. The lowest BCUT2D eigenvalue weighted by Crippen LogP contribution is -2.43. The summed E-state index contributed by atoms with van der Waals surface area (Å²) >= 11 is 0. The summed E-state index contributed by atoms with van der Waals surface area (Å²) in [4.78, 5) is 46.0. The monoisotopic (exact) mass is 906 g/mol. The summed E-state index contributed by atoms with van der Waals surface area (Å²) in [6, 6.07) is -1.57. The third-order valence-electron chi connectivity index (χ3n) is 10.3. The Morgan fingerprint density at radius 1 is 0.524 bits per heavy atom. The molecular formula is C51H88NO10P. The molecule has 0 heterocycles. The van der Waals surface area contributed by atoms with Crippen LogP contribution in [0.15, 0.2) is 72.9 Å². The molecule has 0 bridgehead atoms. The summed E-state index contributed by atoms with van der Waals surface area (Å²) in [6.07, 6.45) is 55.0. The molecule has 0 aromatic rings. The van der Waals surface area contributed by atoms with Crippen LogP contribution in [-0.4, -0.2) is 64.9 Å². The van der Waals surface area contributed by atoms with E-state index in [0.29, 0.717) is 12.8 Å². The molecule has 0 saturated heterocycles. The van der Waals surface area contributed by atoms with Gasteiger partial charge in [-0.25, -0.2) is 9.36 Å². The third-order valence-corrected chi connectivity index (χ3v) is 11.2. The van der Waals surface area contributed by atoms with Gasteiger partial charge in [-0.05, 0) is 64.2 Å². The van der Waals surface area contributed by atoms with Crippen molar-refractivity contribution in [1.29, 1.82) is 0 Å². The van der Waals surface area contributed by atoms with Crippen molar-refractivity contribution in [2.75, 3.05) is 19.8 Å². The Kier molecular flexibility index (Phi) is 43.3. The molecule has 0 saturated carbocycles. The Balaban J connectivity index is 3.93. The number of hydrogen-bond donors (Lipinski definition) is 4. The van der Waals surface area contributed by atoms with Crippen LogP contribution in [0.2, 0.25) is 0 Å². The van der Waals surface area contributed by atoms with E-state index in [1.165, 1.54) is 89.9 Å². The highest BCUT2D eigenvalue weighted by molar-refractivity contribution is 7.47. The number of carboxylic acid groups (broad SMARTS) is 1. The molecule has 0 aliphatic rings. The molecule has 4 N–H and O–H groups in total. The normalized spacial score (nSPS) is 14.2. The zero-order valence-electron chi connectivity index (χ0n) is 39.4. The summed E-state index contributed by atoms with van der Waals surface area (Å²) in [5, 5.41) is 21.9. The minimum Gasteiger partial charge on any atom is -0.480 e. The van der Waals surface area contributed by atoms with Crippen molar-refractivity contribution in [3.8, 4) is 0 Å². The van der Waals surface area contributed by atoms with E-state index in [1.54, 1.807) is 0 Å². The molecule has 0 aliphatic heterocycles. The number of aliphatic carboxylic acids is 1. The molecule has 0 aromatic heterocycles. The number of carboxylic acids is 1. The molecule has 63 heavy (non-hydrogen) atoms. The topological polar surface area (TPSA) is 169 Å². The van der Waals surface area contributed by atoms with Crippen molar-refractivity contribution in [2.24, 2.45) is 0 Å². The number of hydrogen-bond acceptors (Lipinski definition) is 8. The van der Waals surface area contributed by atoms with Gasteiger partial charge in [-0.3, -0.25) is 18.6 Å². The zero-order valence-corrected chi connectivity index (χ0v) is 40.3. The molecule has 3 atom stereocenters. The van der Waals surface area contributed by atoms with E-state index in [2.05, 4.69) is 86.0 Å². The lowest BCUT2D eigenvalue weighted by molar-refractivity contribution is -0.147. The van der Waals surface area contributed by atoms with Gasteiger partial charge in [0.25, 0.3) is 0 Å². The summed E-state index contributed by atoms with van der Waals surface area (Å²) in [5.74, 6) is -2.43. The van der Waals surface area contributed by atoms with Crippen molar-refractivity contribution in [2.45, 2.75) is 212 Å². The van der Waals surface area contributed by atoms with E-state index in [4.69, 9.17) is 13.8 Å². The Hall–Kier alpha value is -3.08. The van der Waals surface area contributed by atoms with Crippen LogP contribution in [0.5, 0.6) is 0 Å². The quantitative estimate of drug-likeness (QED) is 0.0200. The first kappa shape index (κ1) is 59.9. The Morgan fingerprint density at radius 3 is 1.37 bits per heavy atom. The predicted octanol–water partition coefficient (Wildman–Crippen LogP) is 13.3. The van der Waals surface area contributed by atoms with Crippen LogP contribution in [0.3, 0.4) is 0 Å². The molecule has 0 rings (SSSR count). The van der Waals surface area contributed by atoms with Gasteiger partial charge in [0.1, 0.15) is 12.7 Å². The van der Waals surface area contributed by atoms with Crippen molar-refractivity contribution >= 4 is 25.7 Å². The summed E-state index contributed by atoms with van der Waals surface area (Å²) in [6.45, 7) is 2.47. The van der Waals surface area contributed by atoms with Gasteiger partial charge in [-0.15, -0.1) is 0 Å². The van der Waals surface area contributed by atoms with Gasteiger partial charge in [-0.2, -0.15) is 0 Å². The van der Waals surface area contributed by atoms with Crippen LogP contribution in [0.1, 0.15) is 200 Å². The first-order valence-electron chi connectivity index (χ1n) is 24.5. The lowest BCUT2D eigenvalue weighted by Gasteiger charge is -2.18. The van der Waals surface area contributed by atoms with Crippen LogP contribution < -0.4 is 5.32 Å². The van der Waals surface area contributed by atoms with E-state index in [1.807, 2.05) is 6.08 Å². The van der Waals surface area contributed by atoms with Crippen LogP contribution in [-0.2, 0) is 32.7 Å². The lowest BCUT2D eigenvalue weighted by atomic mass is 10.0. The van der Waals surface area contributed by atoms with E-state index in [-0.39, 0.29) is 12.8 Å². The fourth-order valence-electron chi connectivity index (χ4n) is 6.50. The number of ether oxygens (including phenoxy) is 1. The molecule has 12 heteroatoms. The molecule has 3 unspecified atom stereocenters. The maximum atomic E-state index is 12.3. The van der Waals surface area contributed by atoms with Crippen molar-refractivity contribution in [1.82, 2.24) is 5.32 Å². The minimum atomic E-state index is -4.78. The predicted molar refractivity (Wildman–Crippen MR) is 258 cm³/mol. The maximum Gasteiger partial charge on any atom is 0.472 e. The second kappa shape index (κ2) is 45.5. The van der Waals surface area contributed by atoms with Gasteiger partial charge in [0.15, 0.2) is 6.04 Å². The zero-order chi connectivity index (χ0) is 46.3. The molecule has 1 amide bonds. The second-order valence-corrected chi connectivity index (χ2v) is 17.7. The first-order chi connectivity index (χ1) is 30.6. The van der Waals surface area contributed by atoms with Crippen molar-refractivity contribution in [3.63, 3.8) is 0 Å². The standard InChI is InChI=1S/C51H88NO10P/c1-3-5-7-9-11-13-15-17-19-21-23-24-25-26-28-30-32-34-36-38-40-42-49(54)52-48(51(56)57)46-62-63(58,59)61-45-47(53)44-60-50(55)43-41-39-37-35-33-31-29-27-22-20-18-16-14-12-10-8-6-4-2/h5,7,11,13,17,19,23-24,26,28,32,34,47-48,53H,3-4,6,8-10,12,14-16,18,20-22,25,27,29-31,33,35-46H2,1-2H3,(H,52,54)(H,56,57)(H,58,59)/b7-5-,13-11-,19-17-,24-23-,28-26-,34-32-. The van der Waals surface area contributed by atoms with Gasteiger partial charge >= 0.3 is 19.8 Å². The summed E-state index contributed by atoms with van der Waals surface area (Å²) < 4.78 is 26.9. The van der Waals surface area contributed by atoms with E-state index in [0.717, 1.165) is 70.6 Å². The van der Waals surface area contributed by atoms with Gasteiger partial charge < -0.3 is 25.2 Å². The van der Waals surface area contributed by atoms with Gasteiger partial charge in [0.2, 0.25) is 5.91 Å². The molecule has 0 spiro atoms. The van der Waals surface area contributed by atoms with Crippen LogP contribution in [0.4, 0.5) is 0 Å². The SMILES string of the molecule is CC/C=C\C/C=C\C/C=C\C/C=C\C/C=C\C/C=C\CCCCC(=O)NC(COP(=O)(O)OCC(O)COC(=O)CCCCCCCCCCCCCCCCCCCC)C(=O)O. The highest BCUT2D eigenvalue weighted by Crippen LogP contribution is 2.43. The number of phosphoric acid groups is 1. The minimum absolute atomic E-state index is 0.0874. The number of carbonyl (C=O) groups is 3. The molecule has 0 radical (unpaired) electrons. The second-order valence-electron chi connectivity index (χ2n) is 16.3. The average Bonchev–Trinajstić information content (AvgIpc) is 3.26. The number of unbranched alkanes of at least 4 members (excludes halogenated alkanes) is 19. The molecular weight excluding hydrogens is 818 g/mol. The van der Waals surface area contributed by atoms with Crippen LogP contribution >= 0.6 is 7.82 Å². The molecule has 362 valence electrons. The highest BCUT2D eigenvalue weighted by atomic mass is 31.2. The smallest absolute Gasteiger partial charge is 0.472 e.